The summed E-state index contributed by atoms with van der Waals surface area (Å²) in [6.45, 7) is 4.26. The molecule has 2 rings (SSSR count). The van der Waals surface area contributed by atoms with Crippen molar-refractivity contribution in [1.82, 2.24) is 5.32 Å². The third-order valence-electron chi connectivity index (χ3n) is 4.44. The van der Waals surface area contributed by atoms with E-state index in [1.807, 2.05) is 13.2 Å². The van der Waals surface area contributed by atoms with E-state index in [0.29, 0.717) is 35.3 Å². The second-order valence-electron chi connectivity index (χ2n) is 7.02. The molecule has 9 nitrogen and oxygen atoms in total. The first-order valence-corrected chi connectivity index (χ1v) is 13.9. The summed E-state index contributed by atoms with van der Waals surface area (Å²) in [5.74, 6) is 1.49. The van der Waals surface area contributed by atoms with E-state index < -0.39 is 23.2 Å². The molecule has 12 heteroatoms. The van der Waals surface area contributed by atoms with Crippen molar-refractivity contribution < 1.29 is 18.8 Å². The minimum absolute atomic E-state index is 0.270. The third kappa shape index (κ3) is 7.75. The zero-order valence-corrected chi connectivity index (χ0v) is 21.2. The number of oxime groups is 1. The van der Waals surface area contributed by atoms with Gasteiger partial charge in [-0.25, -0.2) is 9.79 Å². The lowest BCUT2D eigenvalue weighted by Gasteiger charge is -2.23. The molecule has 32 heavy (non-hydrogen) atoms. The van der Waals surface area contributed by atoms with Crippen LogP contribution in [0.15, 0.2) is 31.5 Å². The zero-order chi connectivity index (χ0) is 23.6. The van der Waals surface area contributed by atoms with Gasteiger partial charge in [0, 0.05) is 17.6 Å². The fourth-order valence-corrected chi connectivity index (χ4v) is 5.08. The molecule has 1 aliphatic heterocycles. The van der Waals surface area contributed by atoms with Crippen LogP contribution in [0.1, 0.15) is 44.9 Å². The molecule has 0 saturated heterocycles. The number of thioether (sulfide) groups is 1. The molecule has 0 aliphatic carbocycles. The molecule has 3 N–H and O–H groups in total. The maximum atomic E-state index is 13.0. The lowest BCUT2D eigenvalue weighted by Crippen LogP contribution is -2.54. The number of amides is 1. The Morgan fingerprint density at radius 3 is 2.97 bits per heavy atom. The summed E-state index contributed by atoms with van der Waals surface area (Å²) in [7, 11) is 4.96. The molecule has 0 fully saturated rings. The van der Waals surface area contributed by atoms with Gasteiger partial charge in [0.1, 0.15) is 28.9 Å². The second kappa shape index (κ2) is 13.2. The van der Waals surface area contributed by atoms with Gasteiger partial charge in [0.2, 0.25) is 0 Å². The van der Waals surface area contributed by atoms with Gasteiger partial charge in [-0.2, -0.15) is 0 Å². The molecule has 0 spiro atoms. The van der Waals surface area contributed by atoms with E-state index in [-0.39, 0.29) is 5.75 Å². The third-order valence-corrected chi connectivity index (χ3v) is 7.58. The summed E-state index contributed by atoms with van der Waals surface area (Å²) in [6.07, 6.45) is 4.25. The Morgan fingerprint density at radius 1 is 1.50 bits per heavy atom. The number of rotatable bonds is 13. The van der Waals surface area contributed by atoms with Crippen LogP contribution in [0.3, 0.4) is 0 Å². The predicted molar refractivity (Wildman–Crippen MR) is 134 cm³/mol. The molecule has 1 aromatic heterocycles. The van der Waals surface area contributed by atoms with Crippen LogP contribution in [0.25, 0.3) is 0 Å². The molecule has 0 saturated carbocycles. The van der Waals surface area contributed by atoms with Crippen molar-refractivity contribution in [1.29, 1.82) is 0 Å². The molecule has 0 aromatic carbocycles. The molecule has 1 aliphatic rings. The predicted octanol–water partition coefficient (Wildman–Crippen LogP) is 3.20. The number of carbonyl (C=O) groups excluding carboxylic acids is 1. The fraction of sp³-hybridized carbons (Fsp3) is 0.600. The second-order valence-corrected chi connectivity index (χ2v) is 10.7. The van der Waals surface area contributed by atoms with Gasteiger partial charge in [-0.15, -0.1) is 11.8 Å². The van der Waals surface area contributed by atoms with Crippen molar-refractivity contribution >= 4 is 50.0 Å². The monoisotopic (exact) mass is 502 g/mol. The van der Waals surface area contributed by atoms with Crippen LogP contribution in [0.4, 0.5) is 0 Å². The fourth-order valence-electron chi connectivity index (χ4n) is 2.79. The van der Waals surface area contributed by atoms with Crippen LogP contribution in [0.5, 0.6) is 5.75 Å². The van der Waals surface area contributed by atoms with Gasteiger partial charge in [0.25, 0.3) is 5.91 Å². The van der Waals surface area contributed by atoms with Crippen LogP contribution in [0, 0.1) is 0 Å². The molecular formula is C20H30N4O5S3. The first kappa shape index (κ1) is 26.6. The summed E-state index contributed by atoms with van der Waals surface area (Å²) in [5.41, 5.74) is 4.89. The number of carbonyl (C=O) groups is 1. The van der Waals surface area contributed by atoms with Gasteiger partial charge < -0.3 is 19.3 Å². The highest BCUT2D eigenvalue weighted by Crippen LogP contribution is 2.27. The number of nitrogens with zero attached hydrogens (tertiary/aromatic N) is 2. The minimum atomic E-state index is -1.45. The van der Waals surface area contributed by atoms with Crippen LogP contribution >= 0.6 is 33.3 Å². The van der Waals surface area contributed by atoms with E-state index in [9.17, 15) is 9.59 Å². The van der Waals surface area contributed by atoms with Crippen molar-refractivity contribution in [3.8, 4) is 5.75 Å². The summed E-state index contributed by atoms with van der Waals surface area (Å²) in [5, 5.41) is 7.54. The molecule has 1 aromatic rings. The number of nitrogens with one attached hydrogen (secondary N) is 1. The van der Waals surface area contributed by atoms with Crippen molar-refractivity contribution in [2.75, 3.05) is 31.5 Å². The number of hydrogen-bond acceptors (Lipinski definition) is 11. The van der Waals surface area contributed by atoms with Crippen molar-refractivity contribution in [3.63, 3.8) is 0 Å². The van der Waals surface area contributed by atoms with Crippen LogP contribution in [-0.4, -0.2) is 53.8 Å². The number of hydrogen-bond donors (Lipinski definition) is 2. The first-order valence-electron chi connectivity index (χ1n) is 10.2. The standard InChI is InChI=1S/C20H30N4O5S3/c1-5-7-15(16-10-14(27-3)11-17(25)29-16)22-19(26)20(21)12-31-18(23-20)13(2)24-28-8-6-9-32-30-4/h10-11,15H,5-9,12,21H2,1-4H3,(H,22,26)/b24-13+/t15-,20+/m1/s1. The molecule has 2 atom stereocenters. The van der Waals surface area contributed by atoms with Gasteiger partial charge in [0.15, 0.2) is 5.66 Å². The van der Waals surface area contributed by atoms with Gasteiger partial charge in [0.05, 0.1) is 19.2 Å². The van der Waals surface area contributed by atoms with E-state index in [1.54, 1.807) is 34.6 Å². The molecule has 0 unspecified atom stereocenters. The maximum Gasteiger partial charge on any atom is 0.339 e. The number of aliphatic imine (C=N–C) groups is 1. The minimum Gasteiger partial charge on any atom is -0.496 e. The van der Waals surface area contributed by atoms with E-state index in [1.165, 1.54) is 24.9 Å². The quantitative estimate of drug-likeness (QED) is 0.181. The van der Waals surface area contributed by atoms with E-state index in [0.717, 1.165) is 18.6 Å². The van der Waals surface area contributed by atoms with Crippen molar-refractivity contribution in [2.24, 2.45) is 15.9 Å². The molecule has 1 amide bonds. The lowest BCUT2D eigenvalue weighted by molar-refractivity contribution is -0.126. The zero-order valence-electron chi connectivity index (χ0n) is 18.7. The van der Waals surface area contributed by atoms with Gasteiger partial charge in [-0.05, 0) is 26.0 Å². The number of nitrogens with two attached hydrogens (primary N) is 1. The van der Waals surface area contributed by atoms with Crippen LogP contribution in [0.2, 0.25) is 0 Å². The average molecular weight is 503 g/mol. The van der Waals surface area contributed by atoms with Crippen molar-refractivity contribution in [3.05, 3.63) is 28.3 Å². The molecule has 2 heterocycles. The Hall–Kier alpha value is -1.63. The largest absolute Gasteiger partial charge is 0.496 e. The Morgan fingerprint density at radius 2 is 2.28 bits per heavy atom. The summed E-state index contributed by atoms with van der Waals surface area (Å²) < 4.78 is 10.4. The summed E-state index contributed by atoms with van der Waals surface area (Å²) in [4.78, 5) is 34.6. The Bertz CT molecular complexity index is 892. The highest BCUT2D eigenvalue weighted by Gasteiger charge is 2.41. The molecular weight excluding hydrogens is 472 g/mol. The van der Waals surface area contributed by atoms with Gasteiger partial charge >= 0.3 is 5.63 Å². The van der Waals surface area contributed by atoms with E-state index in [2.05, 4.69) is 15.5 Å². The average Bonchev–Trinajstić information content (AvgIpc) is 3.18. The Labute approximate surface area is 200 Å². The number of methoxy groups -OCH3 is 1. The Balaban J connectivity index is 2.06. The molecule has 0 bridgehead atoms. The lowest BCUT2D eigenvalue weighted by atomic mass is 10.1. The first-order chi connectivity index (χ1) is 15.3. The Kier molecular flexibility index (Phi) is 11.0. The molecule has 178 valence electrons. The van der Waals surface area contributed by atoms with Gasteiger partial charge in [-0.3, -0.25) is 10.5 Å². The van der Waals surface area contributed by atoms with Gasteiger partial charge in [-0.1, -0.05) is 40.1 Å². The SMILES string of the molecule is CCC[C@@H](NC(=O)[C@]1(N)CSC(/C(C)=N/OCCCSSC)=N1)c1cc(OC)cc(=O)o1. The number of ether oxygens (including phenoxy) is 1. The summed E-state index contributed by atoms with van der Waals surface area (Å²) in [6, 6.07) is 2.31. The van der Waals surface area contributed by atoms with Crippen molar-refractivity contribution in [2.45, 2.75) is 44.8 Å². The highest BCUT2D eigenvalue weighted by atomic mass is 33.1. The molecule has 0 radical (unpaired) electrons. The normalized spacial score (nSPS) is 19.4. The summed E-state index contributed by atoms with van der Waals surface area (Å²) >= 11 is 1.35. The highest BCUT2D eigenvalue weighted by molar-refractivity contribution is 8.76. The smallest absolute Gasteiger partial charge is 0.339 e. The van der Waals surface area contributed by atoms with E-state index >= 15 is 0 Å². The topological polar surface area (TPSA) is 129 Å². The van der Waals surface area contributed by atoms with Crippen LogP contribution in [-0.2, 0) is 9.63 Å². The van der Waals surface area contributed by atoms with E-state index in [4.69, 9.17) is 19.7 Å². The van der Waals surface area contributed by atoms with Crippen LogP contribution < -0.4 is 21.4 Å². The maximum absolute atomic E-state index is 13.0.